The highest BCUT2D eigenvalue weighted by molar-refractivity contribution is 6.04. The monoisotopic (exact) mass is 519 g/mol. The molecule has 3 aromatic rings. The largest absolute Gasteiger partial charge is 0.465 e. The molecule has 0 spiro atoms. The van der Waals surface area contributed by atoms with Gasteiger partial charge in [-0.1, -0.05) is 18.2 Å². The van der Waals surface area contributed by atoms with E-state index in [9.17, 15) is 27.6 Å². The number of halogens is 3. The number of carboxylic acid groups (broad SMARTS) is 1. The first-order chi connectivity index (χ1) is 17.5. The van der Waals surface area contributed by atoms with E-state index in [1.54, 1.807) is 42.5 Å². The van der Waals surface area contributed by atoms with Crippen LogP contribution in [0.1, 0.15) is 23.2 Å². The first kappa shape index (κ1) is 27.0. The predicted molar refractivity (Wildman–Crippen MR) is 128 cm³/mol. The number of nitrogens with two attached hydrogens (primary N) is 1. The zero-order chi connectivity index (χ0) is 27.2. The van der Waals surface area contributed by atoms with Gasteiger partial charge in [0.25, 0.3) is 5.91 Å². The summed E-state index contributed by atoms with van der Waals surface area (Å²) < 4.78 is 45.3. The van der Waals surface area contributed by atoms with Crippen LogP contribution in [0.15, 0.2) is 59.0 Å². The molecule has 10 nitrogen and oxygen atoms in total. The van der Waals surface area contributed by atoms with E-state index in [1.165, 1.54) is 24.0 Å². The third-order valence-electron chi connectivity index (χ3n) is 5.16. The fourth-order valence-electron chi connectivity index (χ4n) is 3.47. The molecular formula is C24H24F3N5O5. The van der Waals surface area contributed by atoms with Crippen LogP contribution in [0.5, 0.6) is 0 Å². The highest BCUT2D eigenvalue weighted by Crippen LogP contribution is 2.35. The Hall–Kier alpha value is -4.55. The number of hydrogen-bond donors (Lipinski definition) is 3. The molecule has 196 valence electrons. The van der Waals surface area contributed by atoms with Gasteiger partial charge in [-0.15, -0.1) is 0 Å². The van der Waals surface area contributed by atoms with Crippen LogP contribution in [0.4, 0.5) is 29.3 Å². The number of aromatic nitrogens is 1. The van der Waals surface area contributed by atoms with Gasteiger partial charge in [0, 0.05) is 50.0 Å². The molecular weight excluding hydrogens is 495 g/mol. The van der Waals surface area contributed by atoms with Crippen molar-refractivity contribution in [2.75, 3.05) is 36.4 Å². The molecule has 13 heteroatoms. The summed E-state index contributed by atoms with van der Waals surface area (Å²) in [6.07, 6.45) is -5.86. The number of nitrogens with one attached hydrogen (secondary N) is 1. The molecule has 4 N–H and O–H groups in total. The normalized spacial score (nSPS) is 13.4. The second-order valence-corrected chi connectivity index (χ2v) is 7.93. The van der Waals surface area contributed by atoms with Crippen molar-refractivity contribution in [2.24, 2.45) is 5.73 Å². The molecule has 0 saturated carbocycles. The molecule has 1 aliphatic rings. The lowest BCUT2D eigenvalue weighted by atomic mass is 10.2. The van der Waals surface area contributed by atoms with Crippen molar-refractivity contribution in [3.63, 3.8) is 0 Å². The van der Waals surface area contributed by atoms with Crippen molar-refractivity contribution in [1.82, 2.24) is 9.88 Å². The molecule has 1 aliphatic heterocycles. The highest BCUT2D eigenvalue weighted by atomic mass is 19.4. The Bertz CT molecular complexity index is 1230. The number of primary amides is 1. The van der Waals surface area contributed by atoms with Gasteiger partial charge in [-0.05, 0) is 36.4 Å². The highest BCUT2D eigenvalue weighted by Gasteiger charge is 2.42. The predicted octanol–water partition coefficient (Wildman–Crippen LogP) is 3.90. The zero-order valence-electron chi connectivity index (χ0n) is 19.7. The molecule has 1 aromatic heterocycles. The van der Waals surface area contributed by atoms with E-state index in [-0.39, 0.29) is 17.5 Å². The number of benzene rings is 2. The molecule has 0 bridgehead atoms. The van der Waals surface area contributed by atoms with Crippen molar-refractivity contribution in [2.45, 2.75) is 13.1 Å². The molecule has 0 atom stereocenters. The lowest BCUT2D eigenvalue weighted by Crippen LogP contribution is -2.48. The van der Waals surface area contributed by atoms with Crippen molar-refractivity contribution in [3.05, 3.63) is 66.1 Å². The summed E-state index contributed by atoms with van der Waals surface area (Å²) >= 11 is 0. The minimum atomic E-state index is -4.89. The van der Waals surface area contributed by atoms with Crippen LogP contribution in [0.2, 0.25) is 0 Å². The van der Waals surface area contributed by atoms with Crippen LogP contribution in [0.3, 0.4) is 0 Å². The number of carbonyl (C=O) groups is 3. The van der Waals surface area contributed by atoms with Crippen molar-refractivity contribution >= 4 is 29.3 Å². The maximum Gasteiger partial charge on any atom is 0.452 e. The fourth-order valence-corrected chi connectivity index (χ4v) is 3.47. The van der Waals surface area contributed by atoms with Gasteiger partial charge in [-0.3, -0.25) is 9.59 Å². The van der Waals surface area contributed by atoms with Crippen molar-refractivity contribution in [1.29, 1.82) is 0 Å². The summed E-state index contributed by atoms with van der Waals surface area (Å²) in [5.74, 6) is -3.15. The maximum absolute atomic E-state index is 13.5. The summed E-state index contributed by atoms with van der Waals surface area (Å²) in [5, 5.41) is 11.5. The van der Waals surface area contributed by atoms with Crippen LogP contribution in [-0.4, -0.2) is 59.1 Å². The zero-order valence-corrected chi connectivity index (χ0v) is 19.7. The Morgan fingerprint density at radius 1 is 1.00 bits per heavy atom. The van der Waals surface area contributed by atoms with E-state index in [0.29, 0.717) is 31.7 Å². The Labute approximate surface area is 209 Å². The number of amides is 3. The number of hydrogen-bond acceptors (Lipinski definition) is 6. The van der Waals surface area contributed by atoms with Gasteiger partial charge < -0.3 is 30.4 Å². The molecule has 2 aromatic carbocycles. The summed E-state index contributed by atoms with van der Waals surface area (Å²) in [6, 6.07) is 14.5. The summed E-state index contributed by atoms with van der Waals surface area (Å²) in [6.45, 7) is 3.05. The van der Waals surface area contributed by atoms with Crippen LogP contribution in [-0.2, 0) is 11.0 Å². The first-order valence-electron chi connectivity index (χ1n) is 11.0. The quantitative estimate of drug-likeness (QED) is 0.475. The Morgan fingerprint density at radius 3 is 2.08 bits per heavy atom. The number of rotatable bonds is 4. The average Bonchev–Trinajstić information content (AvgIpc) is 3.32. The minimum Gasteiger partial charge on any atom is -0.465 e. The topological polar surface area (TPSA) is 142 Å². The second kappa shape index (κ2) is 11.5. The van der Waals surface area contributed by atoms with E-state index in [4.69, 9.17) is 9.52 Å². The smallest absolute Gasteiger partial charge is 0.452 e. The van der Waals surface area contributed by atoms with E-state index in [1.807, 2.05) is 4.90 Å². The maximum atomic E-state index is 13.5. The number of piperazine rings is 1. The summed E-state index contributed by atoms with van der Waals surface area (Å²) in [5.41, 5.74) is 5.02. The van der Waals surface area contributed by atoms with Crippen molar-refractivity contribution < 1.29 is 37.1 Å². The molecule has 0 radical (unpaired) electrons. The van der Waals surface area contributed by atoms with E-state index >= 15 is 0 Å². The molecule has 4 rings (SSSR count). The van der Waals surface area contributed by atoms with Gasteiger partial charge >= 0.3 is 12.3 Å². The van der Waals surface area contributed by atoms with Gasteiger partial charge in [0.1, 0.15) is 0 Å². The van der Waals surface area contributed by atoms with E-state index in [2.05, 4.69) is 16.0 Å². The number of carbonyl (C=O) groups excluding carboxylic acids is 2. The summed E-state index contributed by atoms with van der Waals surface area (Å²) in [7, 11) is 0. The van der Waals surface area contributed by atoms with Gasteiger partial charge in [-0.2, -0.15) is 13.2 Å². The lowest BCUT2D eigenvalue weighted by Gasteiger charge is -2.34. The molecule has 1 saturated heterocycles. The molecule has 1 fully saturated rings. The van der Waals surface area contributed by atoms with E-state index < -0.39 is 29.6 Å². The molecule has 0 aliphatic carbocycles. The third kappa shape index (κ3) is 7.22. The first-order valence-corrected chi connectivity index (χ1v) is 11.0. The van der Waals surface area contributed by atoms with Crippen LogP contribution in [0.25, 0.3) is 11.5 Å². The number of oxazole rings is 1. The third-order valence-corrected chi connectivity index (χ3v) is 5.16. The Balaban J connectivity index is 0.000000886. The number of nitrogens with zero attached hydrogens (tertiary/aromatic N) is 3. The van der Waals surface area contributed by atoms with E-state index in [0.717, 1.165) is 5.69 Å². The molecule has 37 heavy (non-hydrogen) atoms. The van der Waals surface area contributed by atoms with Gasteiger partial charge in [0.2, 0.25) is 17.6 Å². The van der Waals surface area contributed by atoms with Crippen LogP contribution >= 0.6 is 0 Å². The van der Waals surface area contributed by atoms with Gasteiger partial charge in [0.15, 0.2) is 5.69 Å². The standard InChI is InChI=1S/C22H19F3N4O4.C2H5NO/c23-22(24,25)18-17(27-20(33-18)14-4-2-1-3-5-14)19(30)26-15-6-8-16(9-7-15)28-10-12-29(13-11-28)21(31)32;1-2(3)4/h1-9H,10-13H2,(H,26,30)(H,31,32);1H3,(H2,3,4). The molecule has 0 unspecified atom stereocenters. The molecule has 3 amide bonds. The fraction of sp³-hybridized carbons (Fsp3) is 0.250. The molecule has 2 heterocycles. The van der Waals surface area contributed by atoms with Crippen LogP contribution < -0.4 is 16.0 Å². The Kier molecular flexibility index (Phi) is 8.37. The summed E-state index contributed by atoms with van der Waals surface area (Å²) in [4.78, 5) is 39.9. The average molecular weight is 519 g/mol. The van der Waals surface area contributed by atoms with Gasteiger partial charge in [-0.25, -0.2) is 9.78 Å². The number of alkyl halides is 3. The van der Waals surface area contributed by atoms with Gasteiger partial charge in [0.05, 0.1) is 0 Å². The lowest BCUT2D eigenvalue weighted by molar-refractivity contribution is -0.153. The van der Waals surface area contributed by atoms with Crippen molar-refractivity contribution in [3.8, 4) is 11.5 Å². The number of anilines is 2. The SMILES string of the molecule is CC(N)=O.O=C(Nc1ccc(N2CCN(C(=O)O)CC2)cc1)c1nc(-c2ccccc2)oc1C(F)(F)F. The second-order valence-electron chi connectivity index (χ2n) is 7.93. The van der Waals surface area contributed by atoms with Crippen LogP contribution in [0, 0.1) is 0 Å². The minimum absolute atomic E-state index is 0.283. The Morgan fingerprint density at radius 2 is 1.57 bits per heavy atom.